The van der Waals surface area contributed by atoms with Gasteiger partial charge in [-0.2, -0.15) is 35.1 Å². The van der Waals surface area contributed by atoms with Crippen LogP contribution in [0.3, 0.4) is 0 Å². The molecule has 12 heteroatoms. The van der Waals surface area contributed by atoms with Gasteiger partial charge in [-0.25, -0.2) is 0 Å². The maximum atomic E-state index is 15.2. The van der Waals surface area contributed by atoms with Crippen molar-refractivity contribution in [1.29, 1.82) is 0 Å². The van der Waals surface area contributed by atoms with E-state index in [0.717, 1.165) is 14.2 Å². The standard InChI is InChI=1S/C26H32F8N2O2/c1-7-13(3)17-9-15(11-19(37-5)21(17)35)23(27,28)25(31,32)26(33,34)24(29,30)16-10-18(14(4)8-2)22(36)20(12-16)38-6/h9-14H,7-8,35-36H2,1-6H3. The van der Waals surface area contributed by atoms with Crippen LogP contribution in [-0.4, -0.2) is 26.1 Å². The molecule has 0 spiro atoms. The third kappa shape index (κ3) is 4.82. The summed E-state index contributed by atoms with van der Waals surface area (Å²) >= 11 is 0. The minimum atomic E-state index is -6.57. The van der Waals surface area contributed by atoms with Gasteiger partial charge in [0.15, 0.2) is 0 Å². The number of hydrogen-bond acceptors (Lipinski definition) is 4. The number of methoxy groups -OCH3 is 2. The molecule has 0 aliphatic rings. The fourth-order valence-electron chi connectivity index (χ4n) is 4.01. The van der Waals surface area contributed by atoms with E-state index in [1.54, 1.807) is 13.8 Å². The fourth-order valence-corrected chi connectivity index (χ4v) is 4.01. The second-order valence-electron chi connectivity index (χ2n) is 9.28. The van der Waals surface area contributed by atoms with Crippen molar-refractivity contribution in [2.75, 3.05) is 25.7 Å². The Morgan fingerprint density at radius 1 is 0.632 bits per heavy atom. The van der Waals surface area contributed by atoms with Gasteiger partial charge in [0.25, 0.3) is 0 Å². The highest BCUT2D eigenvalue weighted by Gasteiger charge is 2.81. The van der Waals surface area contributed by atoms with Gasteiger partial charge in [-0.05, 0) is 60.1 Å². The van der Waals surface area contributed by atoms with Gasteiger partial charge >= 0.3 is 23.7 Å². The first-order valence-electron chi connectivity index (χ1n) is 11.8. The minimum absolute atomic E-state index is 0.0751. The first-order valence-corrected chi connectivity index (χ1v) is 11.8. The van der Waals surface area contributed by atoms with Crippen LogP contribution in [0.25, 0.3) is 0 Å². The molecule has 2 rings (SSSR count). The quantitative estimate of drug-likeness (QED) is 0.217. The second kappa shape index (κ2) is 10.7. The molecule has 2 aromatic rings. The van der Waals surface area contributed by atoms with Crippen molar-refractivity contribution >= 4 is 11.4 Å². The highest BCUT2D eigenvalue weighted by molar-refractivity contribution is 5.63. The smallest absolute Gasteiger partial charge is 0.382 e. The Balaban J connectivity index is 2.76. The van der Waals surface area contributed by atoms with Crippen molar-refractivity contribution in [2.24, 2.45) is 0 Å². The number of ether oxygens (including phenoxy) is 2. The Kier molecular flexibility index (Phi) is 8.80. The third-order valence-corrected chi connectivity index (χ3v) is 6.98. The van der Waals surface area contributed by atoms with Crippen LogP contribution < -0.4 is 20.9 Å². The van der Waals surface area contributed by atoms with Crippen LogP contribution in [0, 0.1) is 0 Å². The van der Waals surface area contributed by atoms with Crippen molar-refractivity contribution in [3.8, 4) is 11.5 Å². The topological polar surface area (TPSA) is 70.5 Å². The molecule has 2 atom stereocenters. The molecule has 0 amide bonds. The summed E-state index contributed by atoms with van der Waals surface area (Å²) in [5.41, 5.74) is 7.97. The molecule has 0 aliphatic heterocycles. The van der Waals surface area contributed by atoms with Gasteiger partial charge in [-0.3, -0.25) is 0 Å². The molecule has 0 aliphatic carbocycles. The summed E-state index contributed by atoms with van der Waals surface area (Å²) in [4.78, 5) is 0. The van der Waals surface area contributed by atoms with Gasteiger partial charge in [0.05, 0.1) is 25.6 Å². The maximum Gasteiger partial charge on any atom is 0.382 e. The summed E-state index contributed by atoms with van der Waals surface area (Å²) in [6, 6.07) is 1.72. The molecule has 0 saturated carbocycles. The van der Waals surface area contributed by atoms with Crippen LogP contribution >= 0.6 is 0 Å². The molecule has 4 N–H and O–H groups in total. The van der Waals surface area contributed by atoms with E-state index in [-0.39, 0.29) is 22.5 Å². The number of nitrogen functional groups attached to an aromatic ring is 2. The number of benzene rings is 2. The number of rotatable bonds is 11. The number of halogens is 8. The lowest BCUT2D eigenvalue weighted by Gasteiger charge is -2.37. The largest absolute Gasteiger partial charge is 0.495 e. The molecule has 0 fully saturated rings. The number of hydrogen-bond donors (Lipinski definition) is 2. The van der Waals surface area contributed by atoms with E-state index < -0.39 is 58.2 Å². The zero-order valence-electron chi connectivity index (χ0n) is 21.9. The molecule has 4 nitrogen and oxygen atoms in total. The van der Waals surface area contributed by atoms with Gasteiger partial charge in [-0.1, -0.05) is 27.7 Å². The van der Waals surface area contributed by atoms with Gasteiger partial charge in [0, 0.05) is 11.1 Å². The molecular weight excluding hydrogens is 524 g/mol. The molecule has 0 bridgehead atoms. The van der Waals surface area contributed by atoms with E-state index in [0.29, 0.717) is 37.1 Å². The van der Waals surface area contributed by atoms with Crippen molar-refractivity contribution in [1.82, 2.24) is 0 Å². The number of alkyl halides is 8. The zero-order valence-corrected chi connectivity index (χ0v) is 21.9. The average molecular weight is 557 g/mol. The first-order chi connectivity index (χ1) is 17.4. The molecule has 2 unspecified atom stereocenters. The zero-order chi connectivity index (χ0) is 29.4. The van der Waals surface area contributed by atoms with Crippen LogP contribution in [-0.2, 0) is 11.8 Å². The van der Waals surface area contributed by atoms with E-state index in [4.69, 9.17) is 20.9 Å². The predicted molar refractivity (Wildman–Crippen MR) is 130 cm³/mol. The first kappa shape index (κ1) is 31.3. The Hall–Kier alpha value is -2.92. The Bertz CT molecular complexity index is 1070. The normalized spacial score (nSPS) is 14.8. The summed E-state index contributed by atoms with van der Waals surface area (Å²) in [6.07, 6.45) is 0.648. The summed E-state index contributed by atoms with van der Waals surface area (Å²) < 4.78 is 131. The molecule has 38 heavy (non-hydrogen) atoms. The molecule has 0 heterocycles. The van der Waals surface area contributed by atoms with Gasteiger partial charge in [-0.15, -0.1) is 0 Å². The summed E-state index contributed by atoms with van der Waals surface area (Å²) in [6.45, 7) is 6.38. The van der Waals surface area contributed by atoms with Crippen LogP contribution in [0.15, 0.2) is 24.3 Å². The molecule has 0 radical (unpaired) electrons. The van der Waals surface area contributed by atoms with Crippen LogP contribution in [0.4, 0.5) is 46.5 Å². The van der Waals surface area contributed by atoms with E-state index in [1.807, 2.05) is 0 Å². The monoisotopic (exact) mass is 556 g/mol. The lowest BCUT2D eigenvalue weighted by Crippen LogP contribution is -2.59. The Morgan fingerprint density at radius 3 is 1.16 bits per heavy atom. The van der Waals surface area contributed by atoms with Crippen LogP contribution in [0.5, 0.6) is 11.5 Å². The van der Waals surface area contributed by atoms with Gasteiger partial charge < -0.3 is 20.9 Å². The minimum Gasteiger partial charge on any atom is -0.495 e. The highest BCUT2D eigenvalue weighted by Crippen LogP contribution is 2.60. The van der Waals surface area contributed by atoms with Crippen molar-refractivity contribution < 1.29 is 44.6 Å². The summed E-state index contributed by atoms with van der Waals surface area (Å²) in [5.74, 6) is -26.7. The van der Waals surface area contributed by atoms with E-state index in [2.05, 4.69) is 0 Å². The van der Waals surface area contributed by atoms with Gasteiger partial charge in [0.2, 0.25) is 0 Å². The van der Waals surface area contributed by atoms with Crippen molar-refractivity contribution in [3.63, 3.8) is 0 Å². The molecular formula is C26H32F8N2O2. The predicted octanol–water partition coefficient (Wildman–Crippen LogP) is 8.05. The molecule has 2 aromatic carbocycles. The number of anilines is 2. The SMILES string of the molecule is CCC(C)c1cc(C(F)(F)C(F)(F)C(F)(F)C(F)(F)c2cc(OC)c(N)c(C(C)CC)c2)cc(OC)c1N. The molecule has 214 valence electrons. The van der Waals surface area contributed by atoms with E-state index >= 15 is 35.1 Å². The second-order valence-corrected chi connectivity index (χ2v) is 9.28. The highest BCUT2D eigenvalue weighted by atomic mass is 19.4. The lowest BCUT2D eigenvalue weighted by atomic mass is 9.86. The van der Waals surface area contributed by atoms with Crippen molar-refractivity contribution in [2.45, 2.75) is 76.1 Å². The van der Waals surface area contributed by atoms with Crippen molar-refractivity contribution in [3.05, 3.63) is 46.5 Å². The molecule has 0 aromatic heterocycles. The maximum absolute atomic E-state index is 15.2. The fraction of sp³-hybridized carbons (Fsp3) is 0.538. The van der Waals surface area contributed by atoms with Crippen LogP contribution in [0.1, 0.15) is 74.6 Å². The van der Waals surface area contributed by atoms with Crippen LogP contribution in [0.2, 0.25) is 0 Å². The Morgan fingerprint density at radius 2 is 0.921 bits per heavy atom. The molecule has 0 saturated heterocycles. The van der Waals surface area contributed by atoms with Gasteiger partial charge in [0.1, 0.15) is 11.5 Å². The third-order valence-electron chi connectivity index (χ3n) is 6.98. The Labute approximate surface area is 216 Å². The lowest BCUT2D eigenvalue weighted by molar-refractivity contribution is -0.374. The van der Waals surface area contributed by atoms with E-state index in [9.17, 15) is 0 Å². The van der Waals surface area contributed by atoms with E-state index in [1.165, 1.54) is 13.8 Å². The summed E-state index contributed by atoms with van der Waals surface area (Å²) in [7, 11) is 2.02. The summed E-state index contributed by atoms with van der Waals surface area (Å²) in [5, 5.41) is 0. The average Bonchev–Trinajstić information content (AvgIpc) is 2.87. The number of nitrogens with two attached hydrogens (primary N) is 2.